The molecular weight excluding hydrogens is 112 g/mol. The maximum atomic E-state index is 9.91. The van der Waals surface area contributed by atoms with E-state index in [4.69, 9.17) is 0 Å². The van der Waals surface area contributed by atoms with Crippen LogP contribution in [0, 0.1) is 6.08 Å². The molecule has 0 aliphatic heterocycles. The van der Waals surface area contributed by atoms with Gasteiger partial charge < -0.3 is 5.11 Å². The normalized spacial score (nSPS) is 8.11. The summed E-state index contributed by atoms with van der Waals surface area (Å²) in [7, 11) is 0. The van der Waals surface area contributed by atoms with Crippen LogP contribution in [0.15, 0.2) is 12.3 Å². The third-order valence-corrected chi connectivity index (χ3v) is 1.07. The molecule has 0 aromatic heterocycles. The van der Waals surface area contributed by atoms with E-state index in [1.54, 1.807) is 0 Å². The number of allylic oxidation sites excluding steroid dienone is 1. The van der Waals surface area contributed by atoms with Crippen molar-refractivity contribution in [3.63, 3.8) is 0 Å². The molecule has 0 aromatic rings. The van der Waals surface area contributed by atoms with E-state index in [1.807, 2.05) is 0 Å². The topological polar surface area (TPSA) is 23.1 Å². The molecule has 0 rings (SSSR count). The van der Waals surface area contributed by atoms with Crippen molar-refractivity contribution in [1.82, 2.24) is 0 Å². The molecule has 0 aliphatic carbocycles. The van der Waals surface area contributed by atoms with Gasteiger partial charge in [0.05, 0.1) is 13.0 Å². The highest BCUT2D eigenvalue weighted by atomic mass is 16.2. The Morgan fingerprint density at radius 3 is 2.67 bits per heavy atom. The molecule has 0 spiro atoms. The van der Waals surface area contributed by atoms with Gasteiger partial charge in [-0.25, -0.2) is 0 Å². The Bertz CT molecular complexity index is 90.7. The largest absolute Gasteiger partial charge is 0.854 e. The van der Waals surface area contributed by atoms with Crippen molar-refractivity contribution < 1.29 is 5.11 Å². The summed E-state index contributed by atoms with van der Waals surface area (Å²) >= 11 is 0. The Balaban J connectivity index is 2.82. The third-order valence-electron chi connectivity index (χ3n) is 1.07. The first-order valence-electron chi connectivity index (χ1n) is 3.25. The van der Waals surface area contributed by atoms with Gasteiger partial charge in [0.15, 0.2) is 0 Å². The first-order chi connectivity index (χ1) is 4.41. The molecule has 0 radical (unpaired) electrons. The van der Waals surface area contributed by atoms with Crippen LogP contribution >= 0.6 is 0 Å². The average Bonchev–Trinajstić information content (AvgIpc) is 1.89. The molecule has 0 bridgehead atoms. The molecule has 0 saturated carbocycles. The number of hydrogen-bond acceptors (Lipinski definition) is 1. The van der Waals surface area contributed by atoms with E-state index in [9.17, 15) is 5.11 Å². The first kappa shape index (κ1) is 8.39. The Hall–Kier alpha value is -0.610. The minimum atomic E-state index is 0.0534. The molecule has 0 N–H and O–H groups in total. The monoisotopic (exact) mass is 124 g/mol. The Labute approximate surface area is 56.7 Å². The lowest BCUT2D eigenvalue weighted by Crippen LogP contribution is -2.04. The average molecular weight is 124 g/mol. The summed E-state index contributed by atoms with van der Waals surface area (Å²) in [5, 5.41) is 9.91. The summed E-state index contributed by atoms with van der Waals surface area (Å²) in [5.41, 5.74) is 2.57. The molecule has 0 aromatic carbocycles. The highest BCUT2D eigenvalue weighted by Gasteiger charge is 1.85. The van der Waals surface area contributed by atoms with E-state index >= 15 is 0 Å². The fourth-order valence-electron chi connectivity index (χ4n) is 0.581. The smallest absolute Gasteiger partial charge is 0.135 e. The molecule has 9 heavy (non-hydrogen) atoms. The second-order valence-electron chi connectivity index (χ2n) is 1.87. The van der Waals surface area contributed by atoms with E-state index in [0.717, 1.165) is 25.7 Å². The van der Waals surface area contributed by atoms with Crippen molar-refractivity contribution in [3.05, 3.63) is 18.4 Å². The van der Waals surface area contributed by atoms with Crippen LogP contribution in [0.25, 0.3) is 0 Å². The molecule has 0 heterocycles. The van der Waals surface area contributed by atoms with Crippen molar-refractivity contribution in [2.45, 2.75) is 25.7 Å². The zero-order valence-corrected chi connectivity index (χ0v) is 5.65. The van der Waals surface area contributed by atoms with Gasteiger partial charge in [0.2, 0.25) is 0 Å². The van der Waals surface area contributed by atoms with Gasteiger partial charge in [-0.15, -0.1) is 6.61 Å². The SMILES string of the molecule is C=C=[C+]CCCCC[O-]. The van der Waals surface area contributed by atoms with Crippen LogP contribution in [-0.2, 0) is 0 Å². The van der Waals surface area contributed by atoms with Gasteiger partial charge >= 0.3 is 0 Å². The van der Waals surface area contributed by atoms with Crippen LogP contribution in [-0.4, -0.2) is 6.61 Å². The second-order valence-corrected chi connectivity index (χ2v) is 1.87. The van der Waals surface area contributed by atoms with E-state index < -0.39 is 0 Å². The lowest BCUT2D eigenvalue weighted by molar-refractivity contribution is -0.368. The Kier molecular flexibility index (Phi) is 6.89. The summed E-state index contributed by atoms with van der Waals surface area (Å²) in [6.45, 7) is 3.43. The summed E-state index contributed by atoms with van der Waals surface area (Å²) in [5.74, 6) is 0. The maximum Gasteiger partial charge on any atom is 0.135 e. The Morgan fingerprint density at radius 2 is 2.11 bits per heavy atom. The van der Waals surface area contributed by atoms with Crippen molar-refractivity contribution in [3.8, 4) is 0 Å². The summed E-state index contributed by atoms with van der Waals surface area (Å²) in [6.07, 6.45) is 6.59. The Morgan fingerprint density at radius 1 is 1.33 bits per heavy atom. The van der Waals surface area contributed by atoms with E-state index in [-0.39, 0.29) is 6.61 Å². The lowest BCUT2D eigenvalue weighted by Gasteiger charge is -1.98. The van der Waals surface area contributed by atoms with E-state index in [2.05, 4.69) is 18.4 Å². The zero-order valence-electron chi connectivity index (χ0n) is 5.65. The van der Waals surface area contributed by atoms with Crippen molar-refractivity contribution >= 4 is 0 Å². The van der Waals surface area contributed by atoms with Crippen LogP contribution in [0.4, 0.5) is 0 Å². The second kappa shape index (κ2) is 7.39. The van der Waals surface area contributed by atoms with Crippen LogP contribution in [0.1, 0.15) is 25.7 Å². The summed E-state index contributed by atoms with van der Waals surface area (Å²) < 4.78 is 0. The first-order valence-corrected chi connectivity index (χ1v) is 3.25. The predicted octanol–water partition coefficient (Wildman–Crippen LogP) is 1.05. The highest BCUT2D eigenvalue weighted by Crippen LogP contribution is 1.97. The number of rotatable bonds is 5. The minimum Gasteiger partial charge on any atom is -0.854 e. The van der Waals surface area contributed by atoms with E-state index in [1.165, 1.54) is 0 Å². The highest BCUT2D eigenvalue weighted by molar-refractivity contribution is 4.65. The van der Waals surface area contributed by atoms with Crippen LogP contribution in [0.3, 0.4) is 0 Å². The van der Waals surface area contributed by atoms with Gasteiger partial charge in [-0.2, -0.15) is 0 Å². The van der Waals surface area contributed by atoms with Crippen LogP contribution < -0.4 is 5.11 Å². The van der Waals surface area contributed by atoms with Crippen LogP contribution in [0.2, 0.25) is 0 Å². The zero-order chi connectivity index (χ0) is 6.95. The fraction of sp³-hybridized carbons (Fsp3) is 0.625. The number of unbranched alkanes of at least 4 members (excludes halogenated alkanes) is 3. The van der Waals surface area contributed by atoms with Crippen molar-refractivity contribution in [2.24, 2.45) is 0 Å². The van der Waals surface area contributed by atoms with Gasteiger partial charge in [-0.05, 0) is 6.42 Å². The molecule has 1 nitrogen and oxygen atoms in total. The minimum absolute atomic E-state index is 0.0534. The van der Waals surface area contributed by atoms with Crippen molar-refractivity contribution in [2.75, 3.05) is 6.61 Å². The third kappa shape index (κ3) is 7.39. The molecule has 50 valence electrons. The summed E-state index contributed by atoms with van der Waals surface area (Å²) in [4.78, 5) is 0. The molecule has 0 saturated heterocycles. The van der Waals surface area contributed by atoms with Crippen molar-refractivity contribution in [1.29, 1.82) is 0 Å². The van der Waals surface area contributed by atoms with Gasteiger partial charge in [0.25, 0.3) is 0 Å². The molecular formula is C8H12O. The maximum absolute atomic E-state index is 9.91. The molecule has 0 fully saturated rings. The molecule has 0 aliphatic rings. The fourth-order valence-corrected chi connectivity index (χ4v) is 0.581. The lowest BCUT2D eigenvalue weighted by atomic mass is 10.2. The standard InChI is InChI=1S/C8H12O/c1-2-3-4-5-6-7-8-9/h1,4-8H2. The summed E-state index contributed by atoms with van der Waals surface area (Å²) in [6, 6.07) is 0. The van der Waals surface area contributed by atoms with E-state index in [0.29, 0.717) is 0 Å². The van der Waals surface area contributed by atoms with Gasteiger partial charge in [0.1, 0.15) is 11.8 Å². The van der Waals surface area contributed by atoms with Gasteiger partial charge in [0, 0.05) is 0 Å². The molecule has 1 heteroatoms. The predicted molar refractivity (Wildman–Crippen MR) is 35.7 cm³/mol. The molecule has 0 unspecified atom stereocenters. The number of hydrogen-bond donors (Lipinski definition) is 0. The van der Waals surface area contributed by atoms with Gasteiger partial charge in [-0.1, -0.05) is 12.8 Å². The van der Waals surface area contributed by atoms with Gasteiger partial charge in [-0.3, -0.25) is 0 Å². The van der Waals surface area contributed by atoms with Crippen LogP contribution in [0.5, 0.6) is 0 Å². The molecule has 0 amide bonds. The molecule has 0 atom stereocenters. The quantitative estimate of drug-likeness (QED) is 0.305.